The Kier molecular flexibility index (Phi) is 2.84. The molecule has 0 N–H and O–H groups in total. The molecule has 0 radical (unpaired) electrons. The molecule has 11 heavy (non-hydrogen) atoms. The average molecular weight is 160 g/mol. The summed E-state index contributed by atoms with van der Waals surface area (Å²) in [5.74, 6) is -0.315. The fourth-order valence-electron chi connectivity index (χ4n) is 1.09. The molecule has 1 aliphatic heterocycles. The average Bonchev–Trinajstić information content (AvgIpc) is 2.50. The number of ether oxygens (including phenoxy) is 3. The summed E-state index contributed by atoms with van der Waals surface area (Å²) in [6.07, 6.45) is 0.783. The van der Waals surface area contributed by atoms with Crippen LogP contribution in [0.15, 0.2) is 0 Å². The predicted molar refractivity (Wildman–Crippen MR) is 36.9 cm³/mol. The maximum Gasteiger partial charge on any atom is 0.335 e. The lowest BCUT2D eigenvalue weighted by molar-refractivity contribution is -0.166. The summed E-state index contributed by atoms with van der Waals surface area (Å²) in [6.45, 7) is 0. The van der Waals surface area contributed by atoms with Crippen LogP contribution in [-0.2, 0) is 19.0 Å². The second-order valence-electron chi connectivity index (χ2n) is 2.39. The van der Waals surface area contributed by atoms with E-state index in [1.54, 1.807) is 7.11 Å². The van der Waals surface area contributed by atoms with Gasteiger partial charge in [-0.05, 0) is 6.42 Å². The third kappa shape index (κ3) is 1.91. The number of carbonyl (C=O) groups excluding carboxylic acids is 1. The maximum absolute atomic E-state index is 10.9. The van der Waals surface area contributed by atoms with Gasteiger partial charge >= 0.3 is 5.97 Å². The van der Waals surface area contributed by atoms with E-state index in [0.29, 0.717) is 6.42 Å². The SMILES string of the molecule is COC(=O)[C@@H]1CCC(OC)O1. The smallest absolute Gasteiger partial charge is 0.335 e. The summed E-state index contributed by atoms with van der Waals surface area (Å²) in [5.41, 5.74) is 0. The highest BCUT2D eigenvalue weighted by atomic mass is 16.7. The van der Waals surface area contributed by atoms with Gasteiger partial charge in [0.1, 0.15) is 0 Å². The lowest BCUT2D eigenvalue weighted by Crippen LogP contribution is -2.22. The summed E-state index contributed by atoms with van der Waals surface area (Å²) in [7, 11) is 2.91. The standard InChI is InChI=1S/C7H12O4/c1-9-6-4-3-5(11-6)7(8)10-2/h5-6H,3-4H2,1-2H3/t5-,6?/m0/s1. The van der Waals surface area contributed by atoms with Crippen LogP contribution in [0.3, 0.4) is 0 Å². The molecule has 1 aliphatic rings. The zero-order valence-corrected chi connectivity index (χ0v) is 6.70. The van der Waals surface area contributed by atoms with Crippen molar-refractivity contribution in [3.8, 4) is 0 Å². The molecule has 0 aliphatic carbocycles. The third-order valence-corrected chi connectivity index (χ3v) is 1.71. The van der Waals surface area contributed by atoms with Gasteiger partial charge in [-0.2, -0.15) is 0 Å². The lowest BCUT2D eigenvalue weighted by atomic mass is 10.2. The summed E-state index contributed by atoms with van der Waals surface area (Å²) in [5, 5.41) is 0. The minimum absolute atomic E-state index is 0.237. The highest BCUT2D eigenvalue weighted by Gasteiger charge is 2.31. The quantitative estimate of drug-likeness (QED) is 0.545. The summed E-state index contributed by atoms with van der Waals surface area (Å²) in [4.78, 5) is 10.9. The Hall–Kier alpha value is -0.610. The van der Waals surface area contributed by atoms with Crippen molar-refractivity contribution >= 4 is 5.97 Å². The number of hydrogen-bond acceptors (Lipinski definition) is 4. The van der Waals surface area contributed by atoms with Crippen LogP contribution in [0.5, 0.6) is 0 Å². The van der Waals surface area contributed by atoms with Gasteiger partial charge in [0.2, 0.25) is 0 Å². The molecule has 1 heterocycles. The monoisotopic (exact) mass is 160 g/mol. The molecule has 0 aromatic carbocycles. The molecule has 2 atom stereocenters. The van der Waals surface area contributed by atoms with Gasteiger partial charge in [0.05, 0.1) is 7.11 Å². The van der Waals surface area contributed by atoms with Crippen molar-refractivity contribution in [3.05, 3.63) is 0 Å². The van der Waals surface area contributed by atoms with Crippen molar-refractivity contribution in [2.45, 2.75) is 25.2 Å². The van der Waals surface area contributed by atoms with E-state index in [2.05, 4.69) is 4.74 Å². The number of rotatable bonds is 2. The van der Waals surface area contributed by atoms with Crippen molar-refractivity contribution in [1.82, 2.24) is 0 Å². The van der Waals surface area contributed by atoms with E-state index >= 15 is 0 Å². The van der Waals surface area contributed by atoms with Crippen molar-refractivity contribution in [1.29, 1.82) is 0 Å². The largest absolute Gasteiger partial charge is 0.467 e. The predicted octanol–water partition coefficient (Wildman–Crippen LogP) is 0.311. The van der Waals surface area contributed by atoms with Gasteiger partial charge in [0.25, 0.3) is 0 Å². The molecule has 4 nitrogen and oxygen atoms in total. The molecule has 0 spiro atoms. The van der Waals surface area contributed by atoms with Crippen LogP contribution in [0.4, 0.5) is 0 Å². The number of esters is 1. The fourth-order valence-corrected chi connectivity index (χ4v) is 1.09. The normalized spacial score (nSPS) is 30.4. The molecule has 4 heteroatoms. The summed E-state index contributed by atoms with van der Waals surface area (Å²) >= 11 is 0. The Morgan fingerprint density at radius 2 is 2.18 bits per heavy atom. The molecule has 64 valence electrons. The molecule has 0 aromatic heterocycles. The van der Waals surface area contributed by atoms with Gasteiger partial charge in [-0.3, -0.25) is 0 Å². The molecule has 1 rings (SSSR count). The zero-order valence-electron chi connectivity index (χ0n) is 6.70. The van der Waals surface area contributed by atoms with Gasteiger partial charge in [-0.15, -0.1) is 0 Å². The molecule has 0 amide bonds. The first-order valence-electron chi connectivity index (χ1n) is 3.54. The van der Waals surface area contributed by atoms with Crippen molar-refractivity contribution in [2.24, 2.45) is 0 Å². The molecule has 1 unspecified atom stereocenters. The third-order valence-electron chi connectivity index (χ3n) is 1.71. The van der Waals surface area contributed by atoms with Gasteiger partial charge < -0.3 is 14.2 Å². The van der Waals surface area contributed by atoms with Crippen LogP contribution in [0.1, 0.15) is 12.8 Å². The van der Waals surface area contributed by atoms with E-state index in [9.17, 15) is 4.79 Å². The van der Waals surface area contributed by atoms with Crippen LogP contribution in [-0.4, -0.2) is 32.6 Å². The Balaban J connectivity index is 2.35. The highest BCUT2D eigenvalue weighted by Crippen LogP contribution is 2.20. The van der Waals surface area contributed by atoms with Gasteiger partial charge in [-0.1, -0.05) is 0 Å². The summed E-state index contributed by atoms with van der Waals surface area (Å²) < 4.78 is 14.6. The van der Waals surface area contributed by atoms with E-state index in [1.165, 1.54) is 7.11 Å². The van der Waals surface area contributed by atoms with E-state index in [1.807, 2.05) is 0 Å². The number of hydrogen-bond donors (Lipinski definition) is 0. The Labute approximate surface area is 65.4 Å². The van der Waals surface area contributed by atoms with E-state index in [-0.39, 0.29) is 12.3 Å². The Bertz CT molecular complexity index is 145. The Morgan fingerprint density at radius 1 is 1.45 bits per heavy atom. The van der Waals surface area contributed by atoms with Crippen LogP contribution in [0.2, 0.25) is 0 Å². The van der Waals surface area contributed by atoms with E-state index < -0.39 is 6.10 Å². The molecule has 1 fully saturated rings. The highest BCUT2D eigenvalue weighted by molar-refractivity contribution is 5.74. The van der Waals surface area contributed by atoms with Gasteiger partial charge in [0.15, 0.2) is 12.4 Å². The van der Waals surface area contributed by atoms with Crippen LogP contribution < -0.4 is 0 Å². The minimum atomic E-state index is -0.426. The lowest BCUT2D eigenvalue weighted by Gasteiger charge is -2.09. The number of methoxy groups -OCH3 is 2. The van der Waals surface area contributed by atoms with Gasteiger partial charge in [-0.25, -0.2) is 4.79 Å². The minimum Gasteiger partial charge on any atom is -0.467 e. The van der Waals surface area contributed by atoms with Crippen molar-refractivity contribution < 1.29 is 19.0 Å². The molecule has 1 saturated heterocycles. The molecule has 0 saturated carbocycles. The number of carbonyl (C=O) groups is 1. The first-order chi connectivity index (χ1) is 5.27. The molecule has 0 bridgehead atoms. The van der Waals surface area contributed by atoms with E-state index in [4.69, 9.17) is 9.47 Å². The first-order valence-corrected chi connectivity index (χ1v) is 3.54. The van der Waals surface area contributed by atoms with Crippen LogP contribution in [0, 0.1) is 0 Å². The molecule has 0 aromatic rings. The van der Waals surface area contributed by atoms with Gasteiger partial charge in [0, 0.05) is 13.5 Å². The molecular formula is C7H12O4. The zero-order chi connectivity index (χ0) is 8.27. The van der Waals surface area contributed by atoms with Crippen molar-refractivity contribution in [2.75, 3.05) is 14.2 Å². The van der Waals surface area contributed by atoms with E-state index in [0.717, 1.165) is 6.42 Å². The second kappa shape index (κ2) is 3.69. The van der Waals surface area contributed by atoms with Crippen LogP contribution >= 0.6 is 0 Å². The van der Waals surface area contributed by atoms with Crippen LogP contribution in [0.25, 0.3) is 0 Å². The summed E-state index contributed by atoms with van der Waals surface area (Å²) in [6, 6.07) is 0. The second-order valence-corrected chi connectivity index (χ2v) is 2.39. The van der Waals surface area contributed by atoms with Crippen molar-refractivity contribution in [3.63, 3.8) is 0 Å². The maximum atomic E-state index is 10.9. The molecular weight excluding hydrogens is 148 g/mol. The Morgan fingerprint density at radius 3 is 2.64 bits per heavy atom. The topological polar surface area (TPSA) is 44.8 Å². The fraction of sp³-hybridized carbons (Fsp3) is 0.857. The first kappa shape index (κ1) is 8.49.